The van der Waals surface area contributed by atoms with Crippen LogP contribution >= 0.6 is 37.2 Å². The standard InChI is InChI=1S/C16H22O.I2/c1-10-7-11(2)16-13(8-10)4-3-12-9-14(17)5-6-15(12)16;1-2/h9-11,13H,3-8H2,1-2H3;/t10?,11-,13?;/m0./s1. The highest BCUT2D eigenvalue weighted by Gasteiger charge is 2.35. The molecule has 0 aromatic rings. The normalized spacial score (nSPS) is 33.8. The minimum Gasteiger partial charge on any atom is -0.295 e. The van der Waals surface area contributed by atoms with Gasteiger partial charge < -0.3 is 0 Å². The molecule has 1 saturated carbocycles. The first-order chi connectivity index (χ1) is 9.15. The number of allylic oxidation sites excluding steroid dienone is 4. The van der Waals surface area contributed by atoms with Gasteiger partial charge in [-0.3, -0.25) is 4.79 Å². The summed E-state index contributed by atoms with van der Waals surface area (Å²) in [5.74, 6) is 2.81. The third-order valence-electron chi connectivity index (χ3n) is 4.87. The zero-order chi connectivity index (χ0) is 14.0. The van der Waals surface area contributed by atoms with Gasteiger partial charge in [0.05, 0.1) is 0 Å². The fraction of sp³-hybridized carbons (Fsp3) is 0.688. The Morgan fingerprint density at radius 1 is 1.11 bits per heavy atom. The topological polar surface area (TPSA) is 17.1 Å². The number of carbonyl (C=O) groups excluding carboxylic acids is 1. The average Bonchev–Trinajstić information content (AvgIpc) is 2.40. The van der Waals surface area contributed by atoms with Crippen molar-refractivity contribution in [1.82, 2.24) is 0 Å². The zero-order valence-electron chi connectivity index (χ0n) is 11.7. The molecule has 1 nitrogen and oxygen atoms in total. The molecular weight excluding hydrogens is 462 g/mol. The van der Waals surface area contributed by atoms with Gasteiger partial charge in [-0.1, -0.05) is 19.4 Å². The Morgan fingerprint density at radius 2 is 1.84 bits per heavy atom. The molecule has 3 rings (SSSR count). The van der Waals surface area contributed by atoms with Crippen molar-refractivity contribution in [2.24, 2.45) is 17.8 Å². The van der Waals surface area contributed by atoms with Crippen molar-refractivity contribution in [3.05, 3.63) is 22.8 Å². The van der Waals surface area contributed by atoms with Crippen LogP contribution in [0.5, 0.6) is 0 Å². The van der Waals surface area contributed by atoms with Gasteiger partial charge in [0.25, 0.3) is 0 Å². The maximum atomic E-state index is 11.5. The van der Waals surface area contributed by atoms with Gasteiger partial charge in [0.15, 0.2) is 5.78 Å². The van der Waals surface area contributed by atoms with E-state index in [1.807, 2.05) is 6.08 Å². The van der Waals surface area contributed by atoms with Crippen molar-refractivity contribution >= 4 is 43.0 Å². The first-order valence-corrected chi connectivity index (χ1v) is 13.5. The molecule has 3 atom stereocenters. The first kappa shape index (κ1) is 16.0. The molecule has 3 aliphatic rings. The summed E-state index contributed by atoms with van der Waals surface area (Å²) in [5, 5.41) is 0. The van der Waals surface area contributed by atoms with Gasteiger partial charge in [-0.25, -0.2) is 0 Å². The molecule has 0 aromatic heterocycles. The van der Waals surface area contributed by atoms with Gasteiger partial charge in [-0.05, 0) is 67.1 Å². The SMILES string of the molecule is CC1CC2CCC3=CC(=O)CCC3=C2[C@@H](C)C1.II. The van der Waals surface area contributed by atoms with E-state index >= 15 is 0 Å². The fourth-order valence-electron chi connectivity index (χ4n) is 4.30. The molecule has 0 aromatic carbocycles. The first-order valence-electron chi connectivity index (χ1n) is 7.26. The van der Waals surface area contributed by atoms with Crippen molar-refractivity contribution in [2.75, 3.05) is 0 Å². The molecule has 0 spiro atoms. The molecule has 1 fully saturated rings. The summed E-state index contributed by atoms with van der Waals surface area (Å²) >= 11 is 4.24. The quantitative estimate of drug-likeness (QED) is 0.397. The summed E-state index contributed by atoms with van der Waals surface area (Å²) in [6, 6.07) is 0. The van der Waals surface area contributed by atoms with Crippen molar-refractivity contribution in [3.8, 4) is 0 Å². The lowest BCUT2D eigenvalue weighted by atomic mass is 9.64. The van der Waals surface area contributed by atoms with E-state index in [9.17, 15) is 4.79 Å². The van der Waals surface area contributed by atoms with Gasteiger partial charge in [0.2, 0.25) is 0 Å². The summed E-state index contributed by atoms with van der Waals surface area (Å²) in [6.45, 7) is 4.79. The van der Waals surface area contributed by atoms with Crippen molar-refractivity contribution in [3.63, 3.8) is 0 Å². The maximum absolute atomic E-state index is 11.5. The summed E-state index contributed by atoms with van der Waals surface area (Å²) < 4.78 is 0. The number of hydrogen-bond acceptors (Lipinski definition) is 1. The summed E-state index contributed by atoms with van der Waals surface area (Å²) in [6.07, 6.45) is 8.86. The van der Waals surface area contributed by atoms with Crippen LogP contribution in [0.2, 0.25) is 0 Å². The van der Waals surface area contributed by atoms with Gasteiger partial charge in [-0.2, -0.15) is 0 Å². The van der Waals surface area contributed by atoms with Gasteiger partial charge in [0.1, 0.15) is 0 Å². The Hall–Kier alpha value is 0.610. The molecule has 0 saturated heterocycles. The second-order valence-corrected chi connectivity index (χ2v) is 6.28. The average molecular weight is 484 g/mol. The van der Waals surface area contributed by atoms with Gasteiger partial charge in [-0.15, -0.1) is 0 Å². The Kier molecular flexibility index (Phi) is 5.93. The molecule has 3 heteroatoms. The van der Waals surface area contributed by atoms with Crippen LogP contribution < -0.4 is 0 Å². The highest BCUT2D eigenvalue weighted by Crippen LogP contribution is 2.48. The van der Waals surface area contributed by atoms with Crippen LogP contribution in [0.4, 0.5) is 0 Å². The predicted molar refractivity (Wildman–Crippen MR) is 97.7 cm³/mol. The molecule has 2 unspecified atom stereocenters. The molecule has 0 amide bonds. The number of hydrogen-bond donors (Lipinski definition) is 0. The van der Waals surface area contributed by atoms with Crippen LogP contribution in [-0.2, 0) is 4.79 Å². The third kappa shape index (κ3) is 3.44. The molecule has 0 radical (unpaired) electrons. The summed E-state index contributed by atoms with van der Waals surface area (Å²) in [7, 11) is 0. The van der Waals surface area contributed by atoms with Crippen molar-refractivity contribution in [2.45, 2.75) is 52.4 Å². The van der Waals surface area contributed by atoms with Crippen LogP contribution in [-0.4, -0.2) is 5.78 Å². The van der Waals surface area contributed by atoms with Crippen LogP contribution in [0, 0.1) is 17.8 Å². The lowest BCUT2D eigenvalue weighted by Gasteiger charge is -2.41. The van der Waals surface area contributed by atoms with Crippen LogP contribution in [0.15, 0.2) is 22.8 Å². The lowest BCUT2D eigenvalue weighted by Crippen LogP contribution is -2.28. The van der Waals surface area contributed by atoms with Crippen molar-refractivity contribution in [1.29, 1.82) is 0 Å². The van der Waals surface area contributed by atoms with E-state index < -0.39 is 0 Å². The third-order valence-corrected chi connectivity index (χ3v) is 4.87. The summed E-state index contributed by atoms with van der Waals surface area (Å²) in [5.41, 5.74) is 4.70. The van der Waals surface area contributed by atoms with E-state index in [0.717, 1.165) is 37.0 Å². The Balaban J connectivity index is 0.000000637. The molecule has 0 N–H and O–H groups in total. The van der Waals surface area contributed by atoms with E-state index in [-0.39, 0.29) is 0 Å². The minimum atomic E-state index is 0.347. The maximum Gasteiger partial charge on any atom is 0.156 e. The summed E-state index contributed by atoms with van der Waals surface area (Å²) in [4.78, 5) is 11.5. The van der Waals surface area contributed by atoms with Gasteiger partial charge >= 0.3 is 0 Å². The van der Waals surface area contributed by atoms with Crippen LogP contribution in [0.3, 0.4) is 0 Å². The van der Waals surface area contributed by atoms with E-state index in [2.05, 4.69) is 51.1 Å². The van der Waals surface area contributed by atoms with E-state index in [1.54, 1.807) is 11.1 Å². The Morgan fingerprint density at radius 3 is 2.58 bits per heavy atom. The lowest BCUT2D eigenvalue weighted by molar-refractivity contribution is -0.114. The van der Waals surface area contributed by atoms with E-state index in [4.69, 9.17) is 0 Å². The molecule has 19 heavy (non-hydrogen) atoms. The molecular formula is C16H22I2O. The molecule has 3 aliphatic carbocycles. The highest BCUT2D eigenvalue weighted by atomic mass is 128. The zero-order valence-corrected chi connectivity index (χ0v) is 16.0. The molecule has 0 bridgehead atoms. The number of rotatable bonds is 0. The predicted octanol–water partition coefficient (Wildman–Crippen LogP) is 5.82. The van der Waals surface area contributed by atoms with E-state index in [1.165, 1.54) is 24.8 Å². The number of ketones is 1. The van der Waals surface area contributed by atoms with Gasteiger partial charge in [0, 0.05) is 43.7 Å². The smallest absolute Gasteiger partial charge is 0.156 e. The molecule has 0 aliphatic heterocycles. The van der Waals surface area contributed by atoms with Crippen molar-refractivity contribution < 1.29 is 4.79 Å². The fourth-order valence-corrected chi connectivity index (χ4v) is 4.30. The second kappa shape index (κ2) is 7.05. The number of fused-ring (bicyclic) bond motifs is 2. The number of carbonyl (C=O) groups is 1. The largest absolute Gasteiger partial charge is 0.295 e. The second-order valence-electron chi connectivity index (χ2n) is 6.28. The van der Waals surface area contributed by atoms with Crippen LogP contribution in [0.1, 0.15) is 52.4 Å². The molecule has 106 valence electrons. The Bertz CT molecular complexity index is 422. The minimum absolute atomic E-state index is 0.347. The van der Waals surface area contributed by atoms with E-state index in [0.29, 0.717) is 5.78 Å². The highest BCUT2D eigenvalue weighted by molar-refractivity contribution is 15.0. The Labute approximate surface area is 140 Å². The molecule has 0 heterocycles. The van der Waals surface area contributed by atoms with Crippen LogP contribution in [0.25, 0.3) is 0 Å². The monoisotopic (exact) mass is 484 g/mol. The number of halogens is 2.